The number of ether oxygens (including phenoxy) is 1. The number of hydrogen-bond donors (Lipinski definition) is 2. The molecule has 0 spiro atoms. The minimum Gasteiger partial charge on any atom is -0.490 e. The van der Waals surface area contributed by atoms with E-state index in [2.05, 4.69) is 10.3 Å². The Labute approximate surface area is 175 Å². The van der Waals surface area contributed by atoms with Gasteiger partial charge in [-0.1, -0.05) is 48.5 Å². The molecular formula is C24H25N3O3. The van der Waals surface area contributed by atoms with Crippen LogP contribution in [-0.2, 0) is 11.3 Å². The maximum atomic E-state index is 11.5. The predicted octanol–water partition coefficient (Wildman–Crippen LogP) is 3.83. The number of rotatable bonds is 7. The number of carbonyl (C=O) groups excluding carboxylic acids is 1. The van der Waals surface area contributed by atoms with Gasteiger partial charge in [0.25, 0.3) is 0 Å². The summed E-state index contributed by atoms with van der Waals surface area (Å²) in [5, 5.41) is 15.7. The van der Waals surface area contributed by atoms with Crippen molar-refractivity contribution in [3.8, 4) is 5.75 Å². The van der Waals surface area contributed by atoms with Gasteiger partial charge in [-0.05, 0) is 30.5 Å². The summed E-state index contributed by atoms with van der Waals surface area (Å²) in [7, 11) is 0. The number of para-hydroxylation sites is 2. The van der Waals surface area contributed by atoms with Gasteiger partial charge in [0.05, 0.1) is 23.6 Å². The lowest BCUT2D eigenvalue weighted by molar-refractivity contribution is -0.119. The smallest absolute Gasteiger partial charge is 0.217 e. The molecule has 1 amide bonds. The van der Waals surface area contributed by atoms with Gasteiger partial charge in [0.1, 0.15) is 24.3 Å². The Hall–Kier alpha value is -3.38. The molecule has 30 heavy (non-hydrogen) atoms. The number of aliphatic hydroxyl groups is 1. The van der Waals surface area contributed by atoms with Crippen LogP contribution in [0.15, 0.2) is 66.7 Å². The second kappa shape index (κ2) is 8.55. The van der Waals surface area contributed by atoms with Gasteiger partial charge < -0.3 is 19.7 Å². The summed E-state index contributed by atoms with van der Waals surface area (Å²) >= 11 is 0. The third-order valence-electron chi connectivity index (χ3n) is 5.07. The van der Waals surface area contributed by atoms with Crippen LogP contribution < -0.4 is 10.1 Å². The first-order valence-electron chi connectivity index (χ1n) is 10.0. The molecule has 4 rings (SSSR count). The molecule has 0 aliphatic heterocycles. The van der Waals surface area contributed by atoms with Gasteiger partial charge in [-0.2, -0.15) is 0 Å². The molecular weight excluding hydrogens is 378 g/mol. The molecule has 3 aromatic carbocycles. The number of fused-ring (bicyclic) bond motifs is 2. The topological polar surface area (TPSA) is 76.4 Å². The van der Waals surface area contributed by atoms with Crippen molar-refractivity contribution in [1.29, 1.82) is 0 Å². The lowest BCUT2D eigenvalue weighted by Gasteiger charge is -2.19. The highest BCUT2D eigenvalue weighted by molar-refractivity contribution is 5.88. The summed E-state index contributed by atoms with van der Waals surface area (Å²) in [5.41, 5.74) is 1.74. The van der Waals surface area contributed by atoms with Crippen LogP contribution in [0.3, 0.4) is 0 Å². The van der Waals surface area contributed by atoms with Gasteiger partial charge in [0, 0.05) is 12.3 Å². The van der Waals surface area contributed by atoms with E-state index < -0.39 is 6.10 Å². The van der Waals surface area contributed by atoms with Gasteiger partial charge in [0.2, 0.25) is 5.91 Å². The Morgan fingerprint density at radius 2 is 1.83 bits per heavy atom. The molecule has 154 valence electrons. The van der Waals surface area contributed by atoms with E-state index in [4.69, 9.17) is 4.74 Å². The fourth-order valence-electron chi connectivity index (χ4n) is 3.76. The summed E-state index contributed by atoms with van der Waals surface area (Å²) in [6, 6.07) is 21.4. The molecule has 2 N–H and O–H groups in total. The van der Waals surface area contributed by atoms with E-state index in [1.165, 1.54) is 6.92 Å². The maximum absolute atomic E-state index is 11.5. The first-order valence-corrected chi connectivity index (χ1v) is 10.0. The zero-order valence-corrected chi connectivity index (χ0v) is 17.1. The summed E-state index contributed by atoms with van der Waals surface area (Å²) in [5.74, 6) is 1.33. The Bertz CT molecular complexity index is 1180. The predicted molar refractivity (Wildman–Crippen MR) is 117 cm³/mol. The molecule has 0 unspecified atom stereocenters. The van der Waals surface area contributed by atoms with Gasteiger partial charge in [0.15, 0.2) is 0 Å². The molecule has 0 fully saturated rings. The number of nitrogens with one attached hydrogen (secondary N) is 1. The minimum atomic E-state index is -0.746. The van der Waals surface area contributed by atoms with Crippen molar-refractivity contribution >= 4 is 27.7 Å². The Morgan fingerprint density at radius 3 is 2.67 bits per heavy atom. The van der Waals surface area contributed by atoms with Crippen LogP contribution in [0.5, 0.6) is 5.75 Å². The fourth-order valence-corrected chi connectivity index (χ4v) is 3.76. The van der Waals surface area contributed by atoms with Crippen molar-refractivity contribution in [2.24, 2.45) is 0 Å². The Kier molecular flexibility index (Phi) is 5.68. The van der Waals surface area contributed by atoms with Crippen LogP contribution in [0.25, 0.3) is 21.8 Å². The number of carbonyl (C=O) groups is 1. The molecule has 0 saturated heterocycles. The first kappa shape index (κ1) is 19.9. The second-order valence-corrected chi connectivity index (χ2v) is 7.43. The number of aromatic nitrogens is 2. The summed E-state index contributed by atoms with van der Waals surface area (Å²) in [4.78, 5) is 16.2. The molecule has 0 bridgehead atoms. The second-order valence-electron chi connectivity index (χ2n) is 7.43. The van der Waals surface area contributed by atoms with Crippen LogP contribution >= 0.6 is 0 Å². The average Bonchev–Trinajstić information content (AvgIpc) is 3.10. The molecule has 1 heterocycles. The molecule has 0 aliphatic rings. The van der Waals surface area contributed by atoms with E-state index in [-0.39, 0.29) is 18.6 Å². The largest absolute Gasteiger partial charge is 0.490 e. The van der Waals surface area contributed by atoms with E-state index >= 15 is 0 Å². The molecule has 4 aromatic rings. The summed E-state index contributed by atoms with van der Waals surface area (Å²) in [6.45, 7) is 3.83. The monoisotopic (exact) mass is 403 g/mol. The van der Waals surface area contributed by atoms with E-state index in [0.29, 0.717) is 12.4 Å². The van der Waals surface area contributed by atoms with Crippen LogP contribution in [0.2, 0.25) is 0 Å². The SMILES string of the molecule is CC(=O)N[C@H](C)c1nc2ccccc2n1C[C@H](O)COc1cccc2ccccc12. The lowest BCUT2D eigenvalue weighted by atomic mass is 10.1. The van der Waals surface area contributed by atoms with Crippen molar-refractivity contribution in [2.45, 2.75) is 32.5 Å². The number of imidazole rings is 1. The van der Waals surface area contributed by atoms with Crippen molar-refractivity contribution in [3.63, 3.8) is 0 Å². The van der Waals surface area contributed by atoms with Crippen LogP contribution in [0, 0.1) is 0 Å². The normalized spacial score (nSPS) is 13.3. The minimum absolute atomic E-state index is 0.124. The van der Waals surface area contributed by atoms with Gasteiger partial charge in [-0.15, -0.1) is 0 Å². The highest BCUT2D eigenvalue weighted by Gasteiger charge is 2.19. The third-order valence-corrected chi connectivity index (χ3v) is 5.07. The standard InChI is InChI=1S/C24H25N3O3/c1-16(25-17(2)28)24-26-21-11-5-6-12-22(21)27(24)14-19(29)15-30-23-13-7-9-18-8-3-4-10-20(18)23/h3-13,16,19,29H,14-15H2,1-2H3,(H,25,28)/t16-,19+/m1/s1. The number of amides is 1. The number of hydrogen-bond acceptors (Lipinski definition) is 4. The molecule has 6 nitrogen and oxygen atoms in total. The van der Waals surface area contributed by atoms with E-state index in [0.717, 1.165) is 27.6 Å². The van der Waals surface area contributed by atoms with Crippen LogP contribution in [0.1, 0.15) is 25.7 Å². The molecule has 2 atom stereocenters. The highest BCUT2D eigenvalue weighted by atomic mass is 16.5. The quantitative estimate of drug-likeness (QED) is 0.492. The number of nitrogens with zero attached hydrogens (tertiary/aromatic N) is 2. The lowest BCUT2D eigenvalue weighted by Crippen LogP contribution is -2.29. The molecule has 6 heteroatoms. The third kappa shape index (κ3) is 4.14. The van der Waals surface area contributed by atoms with Crippen molar-refractivity contribution < 1.29 is 14.6 Å². The fraction of sp³-hybridized carbons (Fsp3) is 0.250. The number of benzene rings is 3. The molecule has 1 aromatic heterocycles. The van der Waals surface area contributed by atoms with E-state index in [1.807, 2.05) is 78.2 Å². The summed E-state index contributed by atoms with van der Waals surface area (Å²) in [6.07, 6.45) is -0.746. The molecule has 0 saturated carbocycles. The maximum Gasteiger partial charge on any atom is 0.217 e. The van der Waals surface area contributed by atoms with E-state index in [9.17, 15) is 9.90 Å². The van der Waals surface area contributed by atoms with Crippen LogP contribution in [0.4, 0.5) is 0 Å². The zero-order valence-electron chi connectivity index (χ0n) is 17.1. The molecule has 0 aliphatic carbocycles. The Morgan fingerprint density at radius 1 is 1.10 bits per heavy atom. The van der Waals surface area contributed by atoms with E-state index in [1.54, 1.807) is 0 Å². The van der Waals surface area contributed by atoms with Gasteiger partial charge in [-0.3, -0.25) is 4.79 Å². The van der Waals surface area contributed by atoms with Crippen LogP contribution in [-0.4, -0.2) is 33.3 Å². The zero-order chi connectivity index (χ0) is 21.1. The van der Waals surface area contributed by atoms with Crippen molar-refractivity contribution in [3.05, 3.63) is 72.6 Å². The van der Waals surface area contributed by atoms with Crippen molar-refractivity contribution in [1.82, 2.24) is 14.9 Å². The average molecular weight is 403 g/mol. The number of aliphatic hydroxyl groups excluding tert-OH is 1. The highest BCUT2D eigenvalue weighted by Crippen LogP contribution is 2.26. The van der Waals surface area contributed by atoms with Gasteiger partial charge >= 0.3 is 0 Å². The van der Waals surface area contributed by atoms with Crippen molar-refractivity contribution in [2.75, 3.05) is 6.61 Å². The molecule has 0 radical (unpaired) electrons. The Balaban J connectivity index is 1.55. The van der Waals surface area contributed by atoms with Gasteiger partial charge in [-0.25, -0.2) is 4.98 Å². The summed E-state index contributed by atoms with van der Waals surface area (Å²) < 4.78 is 7.90. The first-order chi connectivity index (χ1) is 14.5.